The van der Waals surface area contributed by atoms with Crippen LogP contribution in [0.25, 0.3) is 56.6 Å². The normalized spacial score (nSPS) is 13.6. The third-order valence-corrected chi connectivity index (χ3v) is 15.0. The van der Waals surface area contributed by atoms with Gasteiger partial charge in [-0.15, -0.1) is 20.4 Å². The van der Waals surface area contributed by atoms with Gasteiger partial charge in [0.1, 0.15) is 31.3 Å². The summed E-state index contributed by atoms with van der Waals surface area (Å²) in [4.78, 5) is 45.3. The number of benzene rings is 8. The number of imide groups is 1. The van der Waals surface area contributed by atoms with Gasteiger partial charge in [-0.25, -0.2) is 9.69 Å². The molecule has 10 aromatic rings. The number of hydrogen-bond donors (Lipinski definition) is 0. The largest absolute Gasteiger partial charge is 0.489 e. The van der Waals surface area contributed by atoms with Gasteiger partial charge in [0, 0.05) is 69.0 Å². The summed E-state index contributed by atoms with van der Waals surface area (Å²) in [5, 5.41) is 18.7. The van der Waals surface area contributed by atoms with E-state index in [1.54, 1.807) is 54.6 Å². The van der Waals surface area contributed by atoms with E-state index in [1.165, 1.54) is 11.1 Å². The van der Waals surface area contributed by atoms with Gasteiger partial charge >= 0.3 is 5.97 Å². The molecule has 416 valence electrons. The summed E-state index contributed by atoms with van der Waals surface area (Å²) < 4.78 is 36.4. The number of hydrogen-bond acceptors (Lipinski definition) is 14. The fraction of sp³-hybridized carbons (Fsp3) is 0.221. The van der Waals surface area contributed by atoms with Crippen LogP contribution in [0.2, 0.25) is 0 Å². The Bertz CT molecular complexity index is 3840. The highest BCUT2D eigenvalue weighted by molar-refractivity contribution is 6.36. The predicted molar refractivity (Wildman–Crippen MR) is 317 cm³/mol. The van der Waals surface area contributed by atoms with Crippen molar-refractivity contribution in [2.24, 2.45) is 0 Å². The Morgan fingerprint density at radius 3 is 1.43 bits per heavy atom. The first-order valence-corrected chi connectivity index (χ1v) is 27.6. The van der Waals surface area contributed by atoms with Crippen LogP contribution in [0.15, 0.2) is 179 Å². The van der Waals surface area contributed by atoms with Crippen molar-refractivity contribution in [3.63, 3.8) is 0 Å². The number of rotatable bonds is 15. The minimum Gasteiger partial charge on any atom is -0.489 e. The maximum atomic E-state index is 14.1. The van der Waals surface area contributed by atoms with Gasteiger partial charge in [0.2, 0.25) is 23.6 Å². The fourth-order valence-electron chi connectivity index (χ4n) is 10.2. The Hall–Kier alpha value is -9.73. The summed E-state index contributed by atoms with van der Waals surface area (Å²) in [6.45, 7) is 16.0. The molecule has 0 N–H and O–H groups in total. The van der Waals surface area contributed by atoms with Gasteiger partial charge in [-0.2, -0.15) is 0 Å². The third kappa shape index (κ3) is 11.5. The topological polar surface area (TPSA) is 172 Å². The number of anilines is 2. The molecule has 0 bridgehead atoms. The number of amides is 2. The lowest BCUT2D eigenvalue weighted by atomic mass is 9.87. The molecule has 0 aliphatic carbocycles. The molecule has 4 heterocycles. The first kappa shape index (κ1) is 53.9. The van der Waals surface area contributed by atoms with Crippen molar-refractivity contribution in [1.82, 2.24) is 20.4 Å². The second-order valence-electron chi connectivity index (χ2n) is 22.8. The lowest BCUT2D eigenvalue weighted by molar-refractivity contribution is 0.0471. The van der Waals surface area contributed by atoms with Crippen LogP contribution in [-0.2, 0) is 40.1 Å². The Kier molecular flexibility index (Phi) is 14.5. The summed E-state index contributed by atoms with van der Waals surface area (Å²) >= 11 is 0. The SMILES string of the molecule is CC(C)(C)c1ccc(-c2nnc(-c3ccc(COc4cc(COC(=O)c5ccc(N6C(=O)c7cccc8c(N9CCOCC9)ccc(c78)C6=O)cc5)cc(OCc5ccc(-c6nnc(-c7ccc(C(C)(C)C)cc7)o6)cc5)c4)cc3)o2)cc1. The molecule has 12 rings (SSSR count). The zero-order chi connectivity index (χ0) is 57.4. The monoisotopic (exact) mass is 1100 g/mol. The Labute approximate surface area is 480 Å². The van der Waals surface area contributed by atoms with Crippen molar-refractivity contribution < 1.29 is 42.2 Å². The van der Waals surface area contributed by atoms with Gasteiger partial charge in [-0.3, -0.25) is 9.59 Å². The standard InChI is InChI=1S/C68H60N6O9/c1-67(2,3)50-24-18-47(19-25-50)62-71-69-60(82-62)45-14-10-42(11-15-45)39-79-53-36-44(37-54(38-53)80-40-43-12-16-46(17-13-43)61-70-72-63(83-61)48-20-26-51(27-21-48)68(4,5)6)41-81-66(77)49-22-28-52(29-23-49)74-64(75)56-9-7-8-55-58(73-32-34-78-35-33-73)31-30-57(59(55)56)65(74)76/h7-31,36-38H,32-35,39-41H2,1-6H3. The zero-order valence-corrected chi connectivity index (χ0v) is 47.0. The molecule has 0 unspecified atom stereocenters. The molecule has 0 radical (unpaired) electrons. The third-order valence-electron chi connectivity index (χ3n) is 15.0. The van der Waals surface area contributed by atoms with E-state index in [0.717, 1.165) is 49.4 Å². The van der Waals surface area contributed by atoms with E-state index in [4.69, 9.17) is 27.8 Å². The fourth-order valence-corrected chi connectivity index (χ4v) is 10.2. The van der Waals surface area contributed by atoms with Crippen LogP contribution < -0.4 is 19.3 Å². The molecule has 2 aliphatic rings. The molecule has 15 nitrogen and oxygen atoms in total. The Balaban J connectivity index is 0.731. The van der Waals surface area contributed by atoms with Gasteiger partial charge in [-0.1, -0.05) is 102 Å². The lowest BCUT2D eigenvalue weighted by Crippen LogP contribution is -2.41. The van der Waals surface area contributed by atoms with Crippen LogP contribution in [0.5, 0.6) is 11.5 Å². The molecule has 1 saturated heterocycles. The van der Waals surface area contributed by atoms with Crippen LogP contribution in [0.4, 0.5) is 11.4 Å². The van der Waals surface area contributed by atoms with Gasteiger partial charge in [0.15, 0.2) is 0 Å². The van der Waals surface area contributed by atoms with Gasteiger partial charge in [-0.05, 0) is 142 Å². The van der Waals surface area contributed by atoms with Crippen molar-refractivity contribution in [3.8, 4) is 57.3 Å². The van der Waals surface area contributed by atoms with Crippen LogP contribution in [0.3, 0.4) is 0 Å². The van der Waals surface area contributed by atoms with Crippen molar-refractivity contribution in [2.45, 2.75) is 72.2 Å². The molecule has 0 atom stereocenters. The van der Waals surface area contributed by atoms with E-state index in [9.17, 15) is 14.4 Å². The van der Waals surface area contributed by atoms with E-state index < -0.39 is 17.8 Å². The summed E-state index contributed by atoms with van der Waals surface area (Å²) in [6, 6.07) is 52.6. The maximum Gasteiger partial charge on any atom is 0.338 e. The van der Waals surface area contributed by atoms with Gasteiger partial charge < -0.3 is 32.7 Å². The van der Waals surface area contributed by atoms with Crippen LogP contribution >= 0.6 is 0 Å². The summed E-state index contributed by atoms with van der Waals surface area (Å²) in [5.41, 5.74) is 10.5. The molecular weight excluding hydrogens is 1040 g/mol. The minimum atomic E-state index is -0.605. The maximum absolute atomic E-state index is 14.1. The first-order valence-electron chi connectivity index (χ1n) is 27.6. The molecule has 8 aromatic carbocycles. The molecule has 15 heteroatoms. The zero-order valence-electron chi connectivity index (χ0n) is 47.0. The van der Waals surface area contributed by atoms with Crippen molar-refractivity contribution >= 4 is 39.9 Å². The lowest BCUT2D eigenvalue weighted by Gasteiger charge is -2.32. The van der Waals surface area contributed by atoms with Crippen LogP contribution in [-0.4, -0.2) is 64.5 Å². The molecule has 2 amide bonds. The van der Waals surface area contributed by atoms with Crippen LogP contribution in [0, 0.1) is 0 Å². The molecule has 83 heavy (non-hydrogen) atoms. The molecule has 1 fully saturated rings. The molecule has 2 aromatic heterocycles. The molecule has 0 saturated carbocycles. The number of carbonyl (C=O) groups excluding carboxylic acids is 3. The van der Waals surface area contributed by atoms with Gasteiger partial charge in [0.25, 0.3) is 11.8 Å². The highest BCUT2D eigenvalue weighted by atomic mass is 16.5. The molecule has 2 aliphatic heterocycles. The number of carbonyl (C=O) groups is 3. The minimum absolute atomic E-state index is 0.0269. The number of nitrogens with zero attached hydrogens (tertiary/aromatic N) is 6. The predicted octanol–water partition coefficient (Wildman–Crippen LogP) is 14.0. The van der Waals surface area contributed by atoms with E-state index >= 15 is 0 Å². The summed E-state index contributed by atoms with van der Waals surface area (Å²) in [7, 11) is 0. The average molecular weight is 1110 g/mol. The van der Waals surface area contributed by atoms with Gasteiger partial charge in [0.05, 0.1) is 24.5 Å². The van der Waals surface area contributed by atoms with Crippen molar-refractivity contribution in [2.75, 3.05) is 36.1 Å². The number of aromatic nitrogens is 4. The van der Waals surface area contributed by atoms with E-state index in [1.807, 2.05) is 91.0 Å². The second-order valence-corrected chi connectivity index (χ2v) is 22.8. The second kappa shape index (κ2) is 22.3. The van der Waals surface area contributed by atoms with Crippen LogP contribution in [0.1, 0.15) is 100 Å². The Morgan fingerprint density at radius 2 is 0.964 bits per heavy atom. The number of esters is 1. The van der Waals surface area contributed by atoms with E-state index in [2.05, 4.69) is 91.1 Å². The smallest absolute Gasteiger partial charge is 0.338 e. The first-order chi connectivity index (χ1) is 40.1. The van der Waals surface area contributed by atoms with E-state index in [0.29, 0.717) is 89.1 Å². The quantitative estimate of drug-likeness (QED) is 0.0701. The highest BCUT2D eigenvalue weighted by Gasteiger charge is 2.35. The van der Waals surface area contributed by atoms with E-state index in [-0.39, 0.29) is 36.2 Å². The number of morpholine rings is 1. The summed E-state index contributed by atoms with van der Waals surface area (Å²) in [6.07, 6.45) is 0. The number of ether oxygens (including phenoxy) is 4. The molecular formula is C68H60N6O9. The Morgan fingerprint density at radius 1 is 0.506 bits per heavy atom. The molecule has 0 spiro atoms. The summed E-state index contributed by atoms with van der Waals surface area (Å²) in [5.74, 6) is 1.17. The van der Waals surface area contributed by atoms with Crippen molar-refractivity contribution in [1.29, 1.82) is 0 Å². The average Bonchev–Trinajstić information content (AvgIpc) is 4.37. The van der Waals surface area contributed by atoms with Crippen molar-refractivity contribution in [3.05, 3.63) is 214 Å². The highest BCUT2D eigenvalue weighted by Crippen LogP contribution is 2.39.